The number of carbonyl (C=O) groups is 1. The first-order valence-corrected chi connectivity index (χ1v) is 11.1. The molecule has 1 fully saturated rings. The molecule has 0 radical (unpaired) electrons. The van der Waals surface area contributed by atoms with Gasteiger partial charge in [-0.3, -0.25) is 9.69 Å². The Balaban J connectivity index is 1.44. The van der Waals surface area contributed by atoms with Crippen LogP contribution in [0.3, 0.4) is 0 Å². The second-order valence-electron chi connectivity index (χ2n) is 8.40. The van der Waals surface area contributed by atoms with Crippen LogP contribution in [-0.2, 0) is 0 Å². The van der Waals surface area contributed by atoms with Gasteiger partial charge >= 0.3 is 0 Å². The van der Waals surface area contributed by atoms with Crippen LogP contribution < -0.4 is 10.2 Å². The number of benzene rings is 3. The molecule has 1 unspecified atom stereocenters. The summed E-state index contributed by atoms with van der Waals surface area (Å²) in [4.78, 5) is 17.4. The minimum absolute atomic E-state index is 0.0197. The number of likely N-dealkylation sites (tertiary alicyclic amines) is 1. The lowest BCUT2D eigenvalue weighted by Crippen LogP contribution is -2.36. The van der Waals surface area contributed by atoms with E-state index in [1.54, 1.807) is 0 Å². The lowest BCUT2D eigenvalue weighted by atomic mass is 10.0. The summed E-state index contributed by atoms with van der Waals surface area (Å²) >= 11 is 0. The fraction of sp³-hybridized carbons (Fsp3) is 0.296. The van der Waals surface area contributed by atoms with Crippen molar-refractivity contribution in [2.24, 2.45) is 0 Å². The summed E-state index contributed by atoms with van der Waals surface area (Å²) in [6, 6.07) is 27.0. The summed E-state index contributed by atoms with van der Waals surface area (Å²) in [5.74, 6) is -0.0197. The standard InChI is InChI=1S/C27H31N3O/c1-29(2)25-16-14-23(15-17-25)26(30-18-6-7-19-30)20-28-27(31)24-12-10-22(11-13-24)21-8-4-3-5-9-21/h3-5,8-17,26H,6-7,18-20H2,1-2H3,(H,28,31). The van der Waals surface area contributed by atoms with Gasteiger partial charge in [0.05, 0.1) is 6.04 Å². The zero-order valence-electron chi connectivity index (χ0n) is 18.4. The Morgan fingerprint density at radius 2 is 1.48 bits per heavy atom. The molecule has 1 heterocycles. The summed E-state index contributed by atoms with van der Waals surface area (Å²) in [5, 5.41) is 3.18. The normalized spacial score (nSPS) is 14.9. The Labute approximate surface area is 185 Å². The van der Waals surface area contributed by atoms with Crippen LogP contribution in [0.25, 0.3) is 11.1 Å². The smallest absolute Gasteiger partial charge is 0.251 e. The highest BCUT2D eigenvalue weighted by Gasteiger charge is 2.24. The number of amides is 1. The van der Waals surface area contributed by atoms with E-state index in [1.807, 2.05) is 42.5 Å². The van der Waals surface area contributed by atoms with E-state index in [0.29, 0.717) is 12.1 Å². The SMILES string of the molecule is CN(C)c1ccc(C(CNC(=O)c2ccc(-c3ccccc3)cc2)N2CCCC2)cc1. The molecule has 4 heteroatoms. The van der Waals surface area contributed by atoms with Gasteiger partial charge in [0.15, 0.2) is 0 Å². The number of nitrogens with one attached hydrogen (secondary N) is 1. The molecule has 4 nitrogen and oxygen atoms in total. The minimum Gasteiger partial charge on any atom is -0.378 e. The van der Waals surface area contributed by atoms with Crippen LogP contribution in [0, 0.1) is 0 Å². The molecule has 0 bridgehead atoms. The lowest BCUT2D eigenvalue weighted by Gasteiger charge is -2.28. The Morgan fingerprint density at radius 3 is 2.10 bits per heavy atom. The minimum atomic E-state index is -0.0197. The molecular weight excluding hydrogens is 382 g/mol. The topological polar surface area (TPSA) is 35.6 Å². The largest absolute Gasteiger partial charge is 0.378 e. The Hall–Kier alpha value is -3.11. The average molecular weight is 414 g/mol. The molecule has 0 aromatic heterocycles. The van der Waals surface area contributed by atoms with Crippen molar-refractivity contribution in [3.8, 4) is 11.1 Å². The molecule has 31 heavy (non-hydrogen) atoms. The third-order valence-electron chi connectivity index (χ3n) is 6.09. The highest BCUT2D eigenvalue weighted by Crippen LogP contribution is 2.26. The number of nitrogens with zero attached hydrogens (tertiary/aromatic N) is 2. The van der Waals surface area contributed by atoms with Gasteiger partial charge in [-0.1, -0.05) is 54.6 Å². The summed E-state index contributed by atoms with van der Waals surface area (Å²) in [6.45, 7) is 2.78. The zero-order valence-corrected chi connectivity index (χ0v) is 18.4. The molecule has 1 saturated heterocycles. The van der Waals surface area contributed by atoms with Gasteiger partial charge in [-0.25, -0.2) is 0 Å². The molecule has 1 aliphatic heterocycles. The fourth-order valence-electron chi connectivity index (χ4n) is 4.24. The molecule has 1 aliphatic rings. The number of hydrogen-bond donors (Lipinski definition) is 1. The van der Waals surface area contributed by atoms with Gasteiger partial charge in [-0.2, -0.15) is 0 Å². The van der Waals surface area contributed by atoms with Crippen LogP contribution in [0.1, 0.15) is 34.8 Å². The van der Waals surface area contributed by atoms with Crippen molar-refractivity contribution in [1.29, 1.82) is 0 Å². The third kappa shape index (κ3) is 5.15. The Morgan fingerprint density at radius 1 is 0.871 bits per heavy atom. The maximum atomic E-state index is 12.9. The average Bonchev–Trinajstić information content (AvgIpc) is 3.35. The summed E-state index contributed by atoms with van der Waals surface area (Å²) < 4.78 is 0. The van der Waals surface area contributed by atoms with Gasteiger partial charge in [-0.05, 0) is 66.9 Å². The highest BCUT2D eigenvalue weighted by atomic mass is 16.1. The molecule has 1 N–H and O–H groups in total. The molecular formula is C27H31N3O. The van der Waals surface area contributed by atoms with E-state index in [1.165, 1.54) is 24.1 Å². The van der Waals surface area contributed by atoms with Crippen molar-refractivity contribution in [2.45, 2.75) is 18.9 Å². The highest BCUT2D eigenvalue weighted by molar-refractivity contribution is 5.94. The van der Waals surface area contributed by atoms with Crippen molar-refractivity contribution in [3.05, 3.63) is 90.0 Å². The van der Waals surface area contributed by atoms with E-state index in [4.69, 9.17) is 0 Å². The summed E-state index contributed by atoms with van der Waals surface area (Å²) in [6.07, 6.45) is 2.45. The van der Waals surface area contributed by atoms with E-state index in [9.17, 15) is 4.79 Å². The third-order valence-corrected chi connectivity index (χ3v) is 6.09. The maximum absolute atomic E-state index is 12.9. The summed E-state index contributed by atoms with van der Waals surface area (Å²) in [7, 11) is 4.10. The van der Waals surface area contributed by atoms with Crippen LogP contribution >= 0.6 is 0 Å². The number of rotatable bonds is 7. The molecule has 0 aliphatic carbocycles. The van der Waals surface area contributed by atoms with Gasteiger partial charge in [0, 0.05) is 31.9 Å². The molecule has 1 atom stereocenters. The van der Waals surface area contributed by atoms with Crippen molar-refractivity contribution >= 4 is 11.6 Å². The van der Waals surface area contributed by atoms with E-state index in [-0.39, 0.29) is 11.9 Å². The number of hydrogen-bond acceptors (Lipinski definition) is 3. The van der Waals surface area contributed by atoms with Gasteiger partial charge in [0.2, 0.25) is 0 Å². The van der Waals surface area contributed by atoms with Gasteiger partial charge in [0.1, 0.15) is 0 Å². The van der Waals surface area contributed by atoms with E-state index < -0.39 is 0 Å². The van der Waals surface area contributed by atoms with Crippen LogP contribution in [0.5, 0.6) is 0 Å². The summed E-state index contributed by atoms with van der Waals surface area (Å²) in [5.41, 5.74) is 5.42. The molecule has 0 spiro atoms. The molecule has 0 saturated carbocycles. The molecule has 3 aromatic carbocycles. The van der Waals surface area contributed by atoms with Crippen LogP contribution in [-0.4, -0.2) is 44.5 Å². The molecule has 3 aromatic rings. The fourth-order valence-corrected chi connectivity index (χ4v) is 4.24. The molecule has 160 valence electrons. The van der Waals surface area contributed by atoms with Crippen LogP contribution in [0.4, 0.5) is 5.69 Å². The lowest BCUT2D eigenvalue weighted by molar-refractivity contribution is 0.0938. The van der Waals surface area contributed by atoms with Crippen molar-refractivity contribution < 1.29 is 4.79 Å². The van der Waals surface area contributed by atoms with Crippen LogP contribution in [0.2, 0.25) is 0 Å². The van der Waals surface area contributed by atoms with E-state index in [2.05, 4.69) is 65.6 Å². The first-order valence-electron chi connectivity index (χ1n) is 11.1. The number of anilines is 1. The first kappa shape index (κ1) is 21.1. The zero-order chi connectivity index (χ0) is 21.6. The number of carbonyl (C=O) groups excluding carboxylic acids is 1. The second kappa shape index (κ2) is 9.80. The van der Waals surface area contributed by atoms with Gasteiger partial charge < -0.3 is 10.2 Å². The van der Waals surface area contributed by atoms with Gasteiger partial charge in [-0.15, -0.1) is 0 Å². The molecule has 4 rings (SSSR count). The monoisotopic (exact) mass is 413 g/mol. The molecule has 1 amide bonds. The van der Waals surface area contributed by atoms with Crippen LogP contribution in [0.15, 0.2) is 78.9 Å². The van der Waals surface area contributed by atoms with Crippen molar-refractivity contribution in [3.63, 3.8) is 0 Å². The maximum Gasteiger partial charge on any atom is 0.251 e. The predicted octanol–water partition coefficient (Wildman–Crippen LogP) is 4.99. The van der Waals surface area contributed by atoms with Crippen molar-refractivity contribution in [2.75, 3.05) is 38.6 Å². The van der Waals surface area contributed by atoms with Gasteiger partial charge in [0.25, 0.3) is 5.91 Å². The van der Waals surface area contributed by atoms with Crippen molar-refractivity contribution in [1.82, 2.24) is 10.2 Å². The van der Waals surface area contributed by atoms with E-state index in [0.717, 1.165) is 24.2 Å². The predicted molar refractivity (Wildman–Crippen MR) is 129 cm³/mol. The van der Waals surface area contributed by atoms with E-state index >= 15 is 0 Å². The first-order chi connectivity index (χ1) is 15.1. The Bertz CT molecular complexity index is 975. The quantitative estimate of drug-likeness (QED) is 0.593. The Kier molecular flexibility index (Phi) is 6.68. The second-order valence-corrected chi connectivity index (χ2v) is 8.40.